The number of pyridine rings is 1. The Morgan fingerprint density at radius 1 is 1.29 bits per heavy atom. The highest BCUT2D eigenvalue weighted by molar-refractivity contribution is 5.94. The zero-order valence-corrected chi connectivity index (χ0v) is 17.0. The van der Waals surface area contributed by atoms with Crippen molar-refractivity contribution in [3.8, 4) is 5.75 Å². The summed E-state index contributed by atoms with van der Waals surface area (Å²) in [6.45, 7) is 2.60. The molecule has 2 aliphatic rings. The van der Waals surface area contributed by atoms with Gasteiger partial charge in [-0.15, -0.1) is 13.2 Å². The van der Waals surface area contributed by atoms with Crippen LogP contribution in [0.2, 0.25) is 0 Å². The second-order valence-corrected chi connectivity index (χ2v) is 7.79. The minimum absolute atomic E-state index is 0.0857. The molecule has 1 aromatic heterocycles. The van der Waals surface area contributed by atoms with Gasteiger partial charge in [0.1, 0.15) is 12.4 Å². The summed E-state index contributed by atoms with van der Waals surface area (Å²) in [5.41, 5.74) is 2.04. The molecule has 31 heavy (non-hydrogen) atoms. The van der Waals surface area contributed by atoms with E-state index in [0.29, 0.717) is 36.6 Å². The second-order valence-electron chi connectivity index (χ2n) is 7.79. The van der Waals surface area contributed by atoms with Crippen molar-refractivity contribution in [3.63, 3.8) is 0 Å². The fraction of sp³-hybridized carbons (Fsp3) is 0.455. The number of likely N-dealkylation sites (tertiary alicyclic amines) is 1. The molecular weight excluding hydrogens is 413 g/mol. The first-order chi connectivity index (χ1) is 14.8. The molecule has 166 valence electrons. The van der Waals surface area contributed by atoms with Gasteiger partial charge in [-0.2, -0.15) is 0 Å². The van der Waals surface area contributed by atoms with Gasteiger partial charge < -0.3 is 14.4 Å². The van der Waals surface area contributed by atoms with Crippen LogP contribution in [0.5, 0.6) is 5.75 Å². The second kappa shape index (κ2) is 8.47. The topological polar surface area (TPSA) is 60.9 Å². The number of benzene rings is 1. The van der Waals surface area contributed by atoms with Crippen molar-refractivity contribution in [1.82, 2.24) is 9.88 Å². The van der Waals surface area contributed by atoms with Crippen LogP contribution in [0.25, 0.3) is 0 Å². The van der Waals surface area contributed by atoms with Crippen molar-refractivity contribution in [2.24, 2.45) is 0 Å². The Bertz CT molecular complexity index is 938. The lowest BCUT2D eigenvalue weighted by Gasteiger charge is -2.54. The highest BCUT2D eigenvalue weighted by atomic mass is 19.4. The average Bonchev–Trinajstić information content (AvgIpc) is 2.72. The van der Waals surface area contributed by atoms with E-state index in [1.165, 1.54) is 0 Å². The van der Waals surface area contributed by atoms with Crippen LogP contribution in [0.4, 0.5) is 13.2 Å². The number of halogens is 3. The Morgan fingerprint density at radius 2 is 2.13 bits per heavy atom. The van der Waals surface area contributed by atoms with Crippen molar-refractivity contribution < 1.29 is 32.2 Å². The molecular formula is C22H23F3N2O4. The molecule has 2 aliphatic heterocycles. The van der Waals surface area contributed by atoms with Crippen molar-refractivity contribution in [3.05, 3.63) is 59.4 Å². The molecule has 3 heterocycles. The van der Waals surface area contributed by atoms with Crippen LogP contribution < -0.4 is 4.74 Å². The van der Waals surface area contributed by atoms with Crippen LogP contribution in [0.15, 0.2) is 42.6 Å². The van der Waals surface area contributed by atoms with Crippen molar-refractivity contribution in [2.45, 2.75) is 31.2 Å². The standard InChI is InChI=1S/C22H23F3N2O4/c1-15-12-16(5-6-17(15)29-10-11-31-22(23,24)25)20(28)27-9-7-21(14-30-19(21)13-27)18-4-2-3-8-26-18/h2-6,8,12,19H,7,9-11,13-14H2,1H3/t19?,21-/m0/s1. The first-order valence-electron chi connectivity index (χ1n) is 10.0. The Labute approximate surface area is 177 Å². The summed E-state index contributed by atoms with van der Waals surface area (Å²) in [5.74, 6) is 0.303. The van der Waals surface area contributed by atoms with Crippen LogP contribution in [0, 0.1) is 6.92 Å². The molecule has 0 bridgehead atoms. The molecule has 9 heteroatoms. The lowest BCUT2D eigenvalue weighted by Crippen LogP contribution is -2.65. The van der Waals surface area contributed by atoms with Gasteiger partial charge in [0.15, 0.2) is 0 Å². The van der Waals surface area contributed by atoms with E-state index in [9.17, 15) is 18.0 Å². The smallest absolute Gasteiger partial charge is 0.491 e. The van der Waals surface area contributed by atoms with Gasteiger partial charge in [0.05, 0.1) is 30.4 Å². The maximum absolute atomic E-state index is 13.0. The van der Waals surface area contributed by atoms with Crippen LogP contribution in [-0.2, 0) is 14.9 Å². The summed E-state index contributed by atoms with van der Waals surface area (Å²) in [5, 5.41) is 0. The zero-order chi connectivity index (χ0) is 22.1. The summed E-state index contributed by atoms with van der Waals surface area (Å²) >= 11 is 0. The van der Waals surface area contributed by atoms with E-state index in [2.05, 4.69) is 9.72 Å². The molecule has 0 aliphatic carbocycles. The van der Waals surface area contributed by atoms with E-state index in [4.69, 9.17) is 9.47 Å². The van der Waals surface area contributed by atoms with E-state index in [-0.39, 0.29) is 24.0 Å². The molecule has 0 spiro atoms. The predicted octanol–water partition coefficient (Wildman–Crippen LogP) is 3.49. The molecule has 0 N–H and O–H groups in total. The molecule has 6 nitrogen and oxygen atoms in total. The van der Waals surface area contributed by atoms with Gasteiger partial charge >= 0.3 is 6.36 Å². The number of rotatable bonds is 6. The molecule has 0 saturated carbocycles. The molecule has 2 saturated heterocycles. The van der Waals surface area contributed by atoms with E-state index >= 15 is 0 Å². The maximum Gasteiger partial charge on any atom is 0.522 e. The number of alkyl halides is 3. The number of carbonyl (C=O) groups is 1. The Kier molecular flexibility index (Phi) is 5.90. The number of aromatic nitrogens is 1. The fourth-order valence-electron chi connectivity index (χ4n) is 4.13. The largest absolute Gasteiger partial charge is 0.522 e. The Hall–Kier alpha value is -2.65. The van der Waals surface area contributed by atoms with Gasteiger partial charge in [0.2, 0.25) is 0 Å². The molecule has 1 aromatic carbocycles. The highest BCUT2D eigenvalue weighted by Gasteiger charge is 2.54. The predicted molar refractivity (Wildman–Crippen MR) is 105 cm³/mol. The molecule has 1 amide bonds. The summed E-state index contributed by atoms with van der Waals surface area (Å²) in [4.78, 5) is 19.3. The monoisotopic (exact) mass is 436 g/mol. The summed E-state index contributed by atoms with van der Waals surface area (Å²) < 4.78 is 50.9. The summed E-state index contributed by atoms with van der Waals surface area (Å²) in [7, 11) is 0. The van der Waals surface area contributed by atoms with E-state index in [1.807, 2.05) is 18.2 Å². The van der Waals surface area contributed by atoms with Gasteiger partial charge in [-0.25, -0.2) is 0 Å². The summed E-state index contributed by atoms with van der Waals surface area (Å²) in [6.07, 6.45) is -2.21. The number of piperidine rings is 1. The van der Waals surface area contributed by atoms with E-state index in [1.54, 1.807) is 36.2 Å². The SMILES string of the molecule is Cc1cc(C(=O)N2CC[C@@]3(c4ccccn4)COC3C2)ccc1OCCOC(F)(F)F. The minimum atomic E-state index is -4.68. The van der Waals surface area contributed by atoms with Gasteiger partial charge in [0.25, 0.3) is 5.91 Å². The Morgan fingerprint density at radius 3 is 2.74 bits per heavy atom. The van der Waals surface area contributed by atoms with Crippen LogP contribution >= 0.6 is 0 Å². The van der Waals surface area contributed by atoms with Gasteiger partial charge in [-0.3, -0.25) is 14.5 Å². The summed E-state index contributed by atoms with van der Waals surface area (Å²) in [6, 6.07) is 10.8. The lowest BCUT2D eigenvalue weighted by molar-refractivity contribution is -0.325. The first-order valence-corrected chi connectivity index (χ1v) is 10.0. The molecule has 1 unspecified atom stereocenters. The first kappa shape index (κ1) is 21.6. The third-order valence-corrected chi connectivity index (χ3v) is 5.86. The quantitative estimate of drug-likeness (QED) is 0.649. The third-order valence-electron chi connectivity index (χ3n) is 5.86. The van der Waals surface area contributed by atoms with Crippen LogP contribution in [0.3, 0.4) is 0 Å². The average molecular weight is 436 g/mol. The third kappa shape index (κ3) is 4.52. The van der Waals surface area contributed by atoms with Crippen molar-refractivity contribution in [2.75, 3.05) is 32.9 Å². The van der Waals surface area contributed by atoms with Crippen LogP contribution in [-0.4, -0.2) is 61.2 Å². The molecule has 4 rings (SSSR count). The lowest BCUT2D eigenvalue weighted by atomic mass is 9.70. The number of ether oxygens (including phenoxy) is 3. The van der Waals surface area contributed by atoms with Crippen molar-refractivity contribution >= 4 is 5.91 Å². The van der Waals surface area contributed by atoms with Crippen molar-refractivity contribution in [1.29, 1.82) is 0 Å². The van der Waals surface area contributed by atoms with E-state index in [0.717, 1.165) is 12.1 Å². The molecule has 2 fully saturated rings. The Balaban J connectivity index is 1.36. The van der Waals surface area contributed by atoms with Crippen LogP contribution in [0.1, 0.15) is 28.0 Å². The highest BCUT2D eigenvalue weighted by Crippen LogP contribution is 2.44. The number of aryl methyl sites for hydroxylation is 1. The number of nitrogens with zero attached hydrogens (tertiary/aromatic N) is 2. The number of carbonyl (C=O) groups excluding carboxylic acids is 1. The number of amides is 1. The maximum atomic E-state index is 13.0. The normalized spacial score (nSPS) is 23.1. The zero-order valence-electron chi connectivity index (χ0n) is 17.0. The fourth-order valence-corrected chi connectivity index (χ4v) is 4.13. The number of hydrogen-bond acceptors (Lipinski definition) is 5. The van der Waals surface area contributed by atoms with Gasteiger partial charge in [-0.05, 0) is 49.2 Å². The molecule has 2 aromatic rings. The minimum Gasteiger partial charge on any atom is -0.491 e. The van der Waals surface area contributed by atoms with Gasteiger partial charge in [0, 0.05) is 24.8 Å². The molecule has 2 atom stereocenters. The number of fused-ring (bicyclic) bond motifs is 1. The van der Waals surface area contributed by atoms with Gasteiger partial charge in [-0.1, -0.05) is 6.07 Å². The van der Waals surface area contributed by atoms with E-state index < -0.39 is 13.0 Å². The molecule has 0 radical (unpaired) electrons. The number of hydrogen-bond donors (Lipinski definition) is 0.